The molecule has 0 saturated heterocycles. The zero-order valence-corrected chi connectivity index (χ0v) is 14.8. The lowest BCUT2D eigenvalue weighted by Gasteiger charge is -2.20. The molecule has 1 N–H and O–H groups in total. The van der Waals surface area contributed by atoms with Crippen molar-refractivity contribution in [3.63, 3.8) is 0 Å². The summed E-state index contributed by atoms with van der Waals surface area (Å²) in [6.45, 7) is 0.321. The predicted octanol–water partition coefficient (Wildman–Crippen LogP) is 4.72. The minimum absolute atomic E-state index is 0.0731. The predicted molar refractivity (Wildman–Crippen MR) is 103 cm³/mol. The van der Waals surface area contributed by atoms with Crippen LogP contribution in [0, 0.1) is 18.3 Å². The molecule has 0 radical (unpaired) electrons. The molecule has 1 unspecified atom stereocenters. The maximum atomic E-state index is 12.3. The second kappa shape index (κ2) is 7.25. The molecule has 0 bridgehead atoms. The van der Waals surface area contributed by atoms with E-state index in [4.69, 9.17) is 11.2 Å². The number of benzene rings is 2. The van der Waals surface area contributed by atoms with Gasteiger partial charge in [-0.15, -0.1) is 6.42 Å². The summed E-state index contributed by atoms with van der Waals surface area (Å²) in [6, 6.07) is 16.4. The van der Waals surface area contributed by atoms with E-state index in [1.54, 1.807) is 0 Å². The maximum Gasteiger partial charge on any atom is 0.408 e. The zero-order chi connectivity index (χ0) is 17.9. The third-order valence-electron chi connectivity index (χ3n) is 5.67. The van der Waals surface area contributed by atoms with Gasteiger partial charge < -0.3 is 10.1 Å². The first-order chi connectivity index (χ1) is 12.8. The minimum atomic E-state index is -0.415. The molecule has 0 aromatic heterocycles. The Hall–Kier alpha value is -2.73. The zero-order valence-electron chi connectivity index (χ0n) is 14.8. The Balaban J connectivity index is 1.44. The minimum Gasteiger partial charge on any atom is -0.449 e. The monoisotopic (exact) mass is 345 g/mol. The summed E-state index contributed by atoms with van der Waals surface area (Å²) in [7, 11) is 0. The summed E-state index contributed by atoms with van der Waals surface area (Å²) < 4.78 is 5.59. The van der Waals surface area contributed by atoms with E-state index in [0.29, 0.717) is 12.5 Å². The van der Waals surface area contributed by atoms with Crippen molar-refractivity contribution >= 4 is 6.09 Å². The van der Waals surface area contributed by atoms with Crippen LogP contribution in [0.1, 0.15) is 42.7 Å². The van der Waals surface area contributed by atoms with Crippen LogP contribution >= 0.6 is 0 Å². The molecule has 2 aliphatic rings. The standard InChI is InChI=1S/C23H23NO2/c1-2-22(16-9-3-4-10-16)24-23(25)26-15-21-19-13-7-5-11-17(19)18-12-6-8-14-20(18)21/h1,5-8,11-14,16,21-22H,3-4,9-10,15H2,(H,24,25). The number of ether oxygens (including phenoxy) is 1. The number of fused-ring (bicyclic) bond motifs is 3. The van der Waals surface area contributed by atoms with E-state index in [0.717, 1.165) is 12.8 Å². The van der Waals surface area contributed by atoms with Crippen molar-refractivity contribution in [2.24, 2.45) is 5.92 Å². The lowest BCUT2D eigenvalue weighted by molar-refractivity contribution is 0.138. The molecule has 0 aliphatic heterocycles. The summed E-state index contributed by atoms with van der Waals surface area (Å²) >= 11 is 0. The highest BCUT2D eigenvalue weighted by molar-refractivity contribution is 5.79. The summed E-state index contributed by atoms with van der Waals surface area (Å²) in [4.78, 5) is 12.3. The Morgan fingerprint density at radius 2 is 1.65 bits per heavy atom. The van der Waals surface area contributed by atoms with Crippen LogP contribution < -0.4 is 5.32 Å². The van der Waals surface area contributed by atoms with Gasteiger partial charge in [-0.05, 0) is 41.0 Å². The average Bonchev–Trinajstić information content (AvgIpc) is 3.31. The number of carbonyl (C=O) groups is 1. The second-order valence-electron chi connectivity index (χ2n) is 7.16. The lowest BCUT2D eigenvalue weighted by atomic mass is 9.98. The van der Waals surface area contributed by atoms with Crippen LogP contribution in [0.2, 0.25) is 0 Å². The molecule has 2 aliphatic carbocycles. The Kier molecular flexibility index (Phi) is 4.67. The van der Waals surface area contributed by atoms with Crippen LogP contribution in [-0.4, -0.2) is 18.7 Å². The fourth-order valence-corrected chi connectivity index (χ4v) is 4.35. The number of nitrogens with one attached hydrogen (secondary N) is 1. The van der Waals surface area contributed by atoms with Gasteiger partial charge in [-0.25, -0.2) is 4.79 Å². The molecule has 2 aromatic rings. The highest BCUT2D eigenvalue weighted by Crippen LogP contribution is 2.44. The molecule has 132 valence electrons. The van der Waals surface area contributed by atoms with Crippen LogP contribution in [0.15, 0.2) is 48.5 Å². The number of hydrogen-bond donors (Lipinski definition) is 1. The van der Waals surface area contributed by atoms with Crippen molar-refractivity contribution in [1.82, 2.24) is 5.32 Å². The molecular weight excluding hydrogens is 322 g/mol. The van der Waals surface area contributed by atoms with Crippen molar-refractivity contribution < 1.29 is 9.53 Å². The number of hydrogen-bond acceptors (Lipinski definition) is 2. The Morgan fingerprint density at radius 3 is 2.23 bits per heavy atom. The molecule has 2 aromatic carbocycles. The Morgan fingerprint density at radius 1 is 1.08 bits per heavy atom. The number of terminal acetylenes is 1. The number of amides is 1. The van der Waals surface area contributed by atoms with Crippen LogP contribution in [0.25, 0.3) is 11.1 Å². The van der Waals surface area contributed by atoms with Crippen molar-refractivity contribution in [3.8, 4) is 23.5 Å². The van der Waals surface area contributed by atoms with Gasteiger partial charge in [-0.3, -0.25) is 0 Å². The van der Waals surface area contributed by atoms with Crippen molar-refractivity contribution in [2.75, 3.05) is 6.61 Å². The second-order valence-corrected chi connectivity index (χ2v) is 7.16. The van der Waals surface area contributed by atoms with E-state index >= 15 is 0 Å². The lowest BCUT2D eigenvalue weighted by Crippen LogP contribution is -2.39. The molecule has 4 rings (SSSR count). The molecule has 0 spiro atoms. The first-order valence-corrected chi connectivity index (χ1v) is 9.35. The summed E-state index contributed by atoms with van der Waals surface area (Å²) in [5, 5.41) is 2.88. The number of carbonyl (C=O) groups excluding carboxylic acids is 1. The van der Waals surface area contributed by atoms with Crippen LogP contribution in [0.3, 0.4) is 0 Å². The molecular formula is C23H23NO2. The largest absolute Gasteiger partial charge is 0.449 e. The van der Waals surface area contributed by atoms with Crippen LogP contribution in [-0.2, 0) is 4.74 Å². The van der Waals surface area contributed by atoms with E-state index in [1.165, 1.54) is 35.1 Å². The highest BCUT2D eigenvalue weighted by Gasteiger charge is 2.30. The molecule has 1 fully saturated rings. The molecule has 1 saturated carbocycles. The van der Waals surface area contributed by atoms with Gasteiger partial charge in [-0.2, -0.15) is 0 Å². The molecule has 26 heavy (non-hydrogen) atoms. The van der Waals surface area contributed by atoms with Gasteiger partial charge in [0.15, 0.2) is 0 Å². The van der Waals surface area contributed by atoms with E-state index in [1.807, 2.05) is 24.3 Å². The highest BCUT2D eigenvalue weighted by atomic mass is 16.5. The normalized spacial score (nSPS) is 17.2. The van der Waals surface area contributed by atoms with Crippen LogP contribution in [0.5, 0.6) is 0 Å². The smallest absolute Gasteiger partial charge is 0.408 e. The molecule has 3 nitrogen and oxygen atoms in total. The van der Waals surface area contributed by atoms with Gasteiger partial charge in [-0.1, -0.05) is 67.3 Å². The first-order valence-electron chi connectivity index (χ1n) is 9.35. The summed E-state index contributed by atoms with van der Waals surface area (Å²) in [5.74, 6) is 3.17. The van der Waals surface area contributed by atoms with E-state index in [2.05, 4.69) is 35.5 Å². The fourth-order valence-electron chi connectivity index (χ4n) is 4.35. The Labute approximate surface area is 154 Å². The van der Waals surface area contributed by atoms with E-state index in [-0.39, 0.29) is 12.0 Å². The van der Waals surface area contributed by atoms with Crippen molar-refractivity contribution in [2.45, 2.75) is 37.6 Å². The molecule has 1 amide bonds. The third kappa shape index (κ3) is 3.08. The number of rotatable bonds is 4. The molecule has 1 atom stereocenters. The molecule has 3 heteroatoms. The number of alkyl carbamates (subject to hydrolysis) is 1. The average molecular weight is 345 g/mol. The fraction of sp³-hybridized carbons (Fsp3) is 0.348. The quantitative estimate of drug-likeness (QED) is 0.815. The van der Waals surface area contributed by atoms with E-state index in [9.17, 15) is 4.79 Å². The Bertz CT molecular complexity index is 800. The topological polar surface area (TPSA) is 38.3 Å². The van der Waals surface area contributed by atoms with Crippen LogP contribution in [0.4, 0.5) is 4.79 Å². The molecule has 0 heterocycles. The van der Waals surface area contributed by atoms with Gasteiger partial charge in [0.2, 0.25) is 0 Å². The van der Waals surface area contributed by atoms with Gasteiger partial charge in [0, 0.05) is 5.92 Å². The van der Waals surface area contributed by atoms with Crippen molar-refractivity contribution in [3.05, 3.63) is 59.7 Å². The van der Waals surface area contributed by atoms with Crippen molar-refractivity contribution in [1.29, 1.82) is 0 Å². The first kappa shape index (κ1) is 16.7. The van der Waals surface area contributed by atoms with Gasteiger partial charge in [0.05, 0.1) is 6.04 Å². The third-order valence-corrected chi connectivity index (χ3v) is 5.67. The van der Waals surface area contributed by atoms with Gasteiger partial charge in [0.1, 0.15) is 6.61 Å². The SMILES string of the molecule is C#CC(NC(=O)OCC1c2ccccc2-c2ccccc21)C1CCCC1. The summed E-state index contributed by atoms with van der Waals surface area (Å²) in [6.07, 6.45) is 9.75. The van der Waals surface area contributed by atoms with Gasteiger partial charge in [0.25, 0.3) is 0 Å². The maximum absolute atomic E-state index is 12.3. The van der Waals surface area contributed by atoms with Gasteiger partial charge >= 0.3 is 6.09 Å². The summed E-state index contributed by atoms with van der Waals surface area (Å²) in [5.41, 5.74) is 4.88. The van der Waals surface area contributed by atoms with E-state index < -0.39 is 6.09 Å².